The van der Waals surface area contributed by atoms with Gasteiger partial charge in [0.15, 0.2) is 5.69 Å². The lowest BCUT2D eigenvalue weighted by Gasteiger charge is -2.13. The molecule has 2 aliphatic rings. The molecule has 3 N–H and O–H groups in total. The van der Waals surface area contributed by atoms with Crippen LogP contribution in [0.2, 0.25) is 0 Å². The van der Waals surface area contributed by atoms with Crippen LogP contribution < -0.4 is 15.4 Å². The van der Waals surface area contributed by atoms with Crippen LogP contribution >= 0.6 is 0 Å². The maximum Gasteiger partial charge on any atom is 0.277 e. The number of H-pyrrole nitrogens is 1. The summed E-state index contributed by atoms with van der Waals surface area (Å²) in [6, 6.07) is 11.7. The second-order valence-electron chi connectivity index (χ2n) is 6.74. The molecule has 0 fully saturated rings. The number of anilines is 1. The van der Waals surface area contributed by atoms with Crippen molar-refractivity contribution in [3.63, 3.8) is 0 Å². The number of ether oxygens (including phenoxy) is 1. The van der Waals surface area contributed by atoms with Gasteiger partial charge < -0.3 is 15.4 Å². The third kappa shape index (κ3) is 2.96. The number of carbonyl (C=O) groups excluding carboxylic acids is 1. The van der Waals surface area contributed by atoms with E-state index in [-0.39, 0.29) is 5.91 Å². The number of pyridine rings is 1. The Kier molecular flexibility index (Phi) is 3.86. The molecule has 7 nitrogen and oxygen atoms in total. The van der Waals surface area contributed by atoms with E-state index in [0.717, 1.165) is 54.3 Å². The van der Waals surface area contributed by atoms with E-state index in [1.165, 1.54) is 5.56 Å². The molecular formula is C20H19N5O2. The Hall–Kier alpha value is -3.19. The molecule has 136 valence electrons. The fourth-order valence-corrected chi connectivity index (χ4v) is 3.60. The van der Waals surface area contributed by atoms with Crippen molar-refractivity contribution in [2.75, 3.05) is 18.5 Å². The Morgan fingerprint density at radius 3 is 3.11 bits per heavy atom. The third-order valence-electron chi connectivity index (χ3n) is 5.00. The van der Waals surface area contributed by atoms with Gasteiger partial charge in [-0.1, -0.05) is 6.07 Å². The number of aromatic amines is 1. The normalized spacial score (nSPS) is 15.0. The molecule has 2 aromatic heterocycles. The fourth-order valence-electron chi connectivity index (χ4n) is 3.60. The Morgan fingerprint density at radius 2 is 2.15 bits per heavy atom. The van der Waals surface area contributed by atoms with Crippen LogP contribution in [0.1, 0.15) is 27.3 Å². The minimum atomic E-state index is -0.247. The molecule has 0 aliphatic carbocycles. The van der Waals surface area contributed by atoms with E-state index in [9.17, 15) is 4.79 Å². The summed E-state index contributed by atoms with van der Waals surface area (Å²) in [5.41, 5.74) is 5.41. The number of benzene rings is 1. The molecule has 2 aliphatic heterocycles. The van der Waals surface area contributed by atoms with E-state index >= 15 is 0 Å². The molecule has 0 saturated heterocycles. The van der Waals surface area contributed by atoms with Crippen LogP contribution in [0.15, 0.2) is 36.4 Å². The predicted octanol–water partition coefficient (Wildman–Crippen LogP) is 2.30. The highest BCUT2D eigenvalue weighted by Gasteiger charge is 2.22. The standard InChI is InChI=1S/C20H19N5O2/c26-20(19-14-11-21-8-6-16(14)24-25-19)23-18-3-1-2-15(22-18)12-4-5-17-13(10-12)7-9-27-17/h1-5,10,21H,6-9,11H2,(H,24,25)(H,22,23,26). The van der Waals surface area contributed by atoms with E-state index in [1.54, 1.807) is 6.07 Å². The van der Waals surface area contributed by atoms with Gasteiger partial charge >= 0.3 is 0 Å². The lowest BCUT2D eigenvalue weighted by molar-refractivity contribution is 0.102. The molecule has 0 radical (unpaired) electrons. The van der Waals surface area contributed by atoms with E-state index < -0.39 is 0 Å². The largest absolute Gasteiger partial charge is 0.493 e. The monoisotopic (exact) mass is 361 g/mol. The van der Waals surface area contributed by atoms with Crippen LogP contribution in [-0.2, 0) is 19.4 Å². The van der Waals surface area contributed by atoms with Crippen molar-refractivity contribution in [2.24, 2.45) is 0 Å². The maximum atomic E-state index is 12.7. The molecule has 4 heterocycles. The Balaban J connectivity index is 1.39. The van der Waals surface area contributed by atoms with Crippen LogP contribution in [0.4, 0.5) is 5.82 Å². The number of nitrogens with one attached hydrogen (secondary N) is 3. The Labute approximate surface area is 156 Å². The lowest BCUT2D eigenvalue weighted by atomic mass is 10.1. The highest BCUT2D eigenvalue weighted by Crippen LogP contribution is 2.30. The Bertz CT molecular complexity index is 1030. The molecule has 1 amide bonds. The molecule has 0 unspecified atom stereocenters. The highest BCUT2D eigenvalue weighted by molar-refractivity contribution is 6.03. The molecule has 0 saturated carbocycles. The van der Waals surface area contributed by atoms with Gasteiger partial charge in [0.1, 0.15) is 11.6 Å². The summed E-state index contributed by atoms with van der Waals surface area (Å²) in [5, 5.41) is 13.3. The van der Waals surface area contributed by atoms with Crippen molar-refractivity contribution >= 4 is 11.7 Å². The van der Waals surface area contributed by atoms with Crippen molar-refractivity contribution in [2.45, 2.75) is 19.4 Å². The molecule has 7 heteroatoms. The van der Waals surface area contributed by atoms with Gasteiger partial charge in [-0.3, -0.25) is 9.89 Å². The average Bonchev–Trinajstić information content (AvgIpc) is 3.34. The lowest BCUT2D eigenvalue weighted by Crippen LogP contribution is -2.25. The number of hydrogen-bond acceptors (Lipinski definition) is 5. The quantitative estimate of drug-likeness (QED) is 0.666. The summed E-state index contributed by atoms with van der Waals surface area (Å²) < 4.78 is 5.56. The van der Waals surface area contributed by atoms with Crippen LogP contribution in [0.3, 0.4) is 0 Å². The second-order valence-corrected chi connectivity index (χ2v) is 6.74. The maximum absolute atomic E-state index is 12.7. The fraction of sp³-hybridized carbons (Fsp3) is 0.250. The number of aromatic nitrogens is 3. The van der Waals surface area contributed by atoms with Gasteiger partial charge in [-0.2, -0.15) is 5.10 Å². The van der Waals surface area contributed by atoms with Crippen LogP contribution in [0.25, 0.3) is 11.3 Å². The van der Waals surface area contributed by atoms with Gasteiger partial charge in [0, 0.05) is 42.8 Å². The van der Waals surface area contributed by atoms with Crippen LogP contribution in [-0.4, -0.2) is 34.2 Å². The first-order chi connectivity index (χ1) is 13.3. The number of rotatable bonds is 3. The summed E-state index contributed by atoms with van der Waals surface area (Å²) in [4.78, 5) is 17.3. The first-order valence-electron chi connectivity index (χ1n) is 9.09. The topological polar surface area (TPSA) is 91.9 Å². The summed E-state index contributed by atoms with van der Waals surface area (Å²) in [7, 11) is 0. The van der Waals surface area contributed by atoms with Crippen molar-refractivity contribution in [1.29, 1.82) is 0 Å². The van der Waals surface area contributed by atoms with Crippen molar-refractivity contribution < 1.29 is 9.53 Å². The van der Waals surface area contributed by atoms with E-state index in [4.69, 9.17) is 4.74 Å². The van der Waals surface area contributed by atoms with E-state index in [1.807, 2.05) is 24.3 Å². The molecule has 1 aromatic carbocycles. The van der Waals surface area contributed by atoms with Gasteiger partial charge in [-0.25, -0.2) is 4.98 Å². The minimum Gasteiger partial charge on any atom is -0.493 e. The summed E-state index contributed by atoms with van der Waals surface area (Å²) in [5.74, 6) is 1.21. The molecule has 0 atom stereocenters. The predicted molar refractivity (Wildman–Crippen MR) is 101 cm³/mol. The number of nitrogens with zero attached hydrogens (tertiary/aromatic N) is 2. The Morgan fingerprint density at radius 1 is 1.19 bits per heavy atom. The smallest absolute Gasteiger partial charge is 0.277 e. The van der Waals surface area contributed by atoms with Gasteiger partial charge in [0.05, 0.1) is 12.3 Å². The SMILES string of the molecule is O=C(Nc1cccc(-c2ccc3c(c2)CCO3)n1)c1n[nH]c2c1CNCC2. The van der Waals surface area contributed by atoms with Crippen LogP contribution in [0.5, 0.6) is 5.75 Å². The second kappa shape index (κ2) is 6.51. The zero-order valence-corrected chi connectivity index (χ0v) is 14.7. The van der Waals surface area contributed by atoms with Crippen LogP contribution in [0, 0.1) is 0 Å². The summed E-state index contributed by atoms with van der Waals surface area (Å²) in [6.45, 7) is 2.27. The van der Waals surface area contributed by atoms with E-state index in [2.05, 4.69) is 31.9 Å². The van der Waals surface area contributed by atoms with Gasteiger partial charge in [-0.15, -0.1) is 0 Å². The molecule has 0 bridgehead atoms. The number of amides is 1. The van der Waals surface area contributed by atoms with Gasteiger partial charge in [0.2, 0.25) is 0 Å². The average molecular weight is 361 g/mol. The van der Waals surface area contributed by atoms with Crippen molar-refractivity contribution in [3.05, 3.63) is 58.9 Å². The summed E-state index contributed by atoms with van der Waals surface area (Å²) >= 11 is 0. The molecular weight excluding hydrogens is 342 g/mol. The number of carbonyl (C=O) groups is 1. The van der Waals surface area contributed by atoms with E-state index in [0.29, 0.717) is 18.1 Å². The summed E-state index contributed by atoms with van der Waals surface area (Å²) in [6.07, 6.45) is 1.77. The molecule has 27 heavy (non-hydrogen) atoms. The van der Waals surface area contributed by atoms with Gasteiger partial charge in [0.25, 0.3) is 5.91 Å². The first kappa shape index (κ1) is 16.0. The third-order valence-corrected chi connectivity index (χ3v) is 5.00. The van der Waals surface area contributed by atoms with Gasteiger partial charge in [-0.05, 0) is 35.9 Å². The molecule has 0 spiro atoms. The minimum absolute atomic E-state index is 0.247. The molecule has 5 rings (SSSR count). The zero-order valence-electron chi connectivity index (χ0n) is 14.7. The first-order valence-corrected chi connectivity index (χ1v) is 9.09. The molecule has 3 aromatic rings. The highest BCUT2D eigenvalue weighted by atomic mass is 16.5. The van der Waals surface area contributed by atoms with Crippen molar-refractivity contribution in [3.8, 4) is 17.0 Å². The number of fused-ring (bicyclic) bond motifs is 2. The zero-order chi connectivity index (χ0) is 18.2. The van der Waals surface area contributed by atoms with Crippen molar-refractivity contribution in [1.82, 2.24) is 20.5 Å². The number of hydrogen-bond donors (Lipinski definition) is 3.